The van der Waals surface area contributed by atoms with Gasteiger partial charge in [-0.15, -0.1) is 0 Å². The van der Waals surface area contributed by atoms with Crippen LogP contribution in [0.15, 0.2) is 36.4 Å². The number of nitrogens with zero attached hydrogens (tertiary/aromatic N) is 1. The largest absolute Gasteiger partial charge is 0.493 e. The number of rotatable bonds is 9. The zero-order valence-electron chi connectivity index (χ0n) is 16.2. The molecule has 8 heteroatoms. The van der Waals surface area contributed by atoms with Gasteiger partial charge in [0, 0.05) is 19.2 Å². The van der Waals surface area contributed by atoms with E-state index >= 15 is 0 Å². The molecule has 2 aromatic carbocycles. The maximum absolute atomic E-state index is 12.7. The molecule has 0 aliphatic carbocycles. The molecule has 0 bridgehead atoms. The highest BCUT2D eigenvalue weighted by molar-refractivity contribution is 5.94. The predicted molar refractivity (Wildman–Crippen MR) is 99.6 cm³/mol. The van der Waals surface area contributed by atoms with Crippen LogP contribution in [0.3, 0.4) is 0 Å². The molecule has 28 heavy (non-hydrogen) atoms. The van der Waals surface area contributed by atoms with Gasteiger partial charge in [0.2, 0.25) is 0 Å². The van der Waals surface area contributed by atoms with Crippen LogP contribution in [0.5, 0.6) is 23.0 Å². The highest BCUT2D eigenvalue weighted by Gasteiger charge is 2.17. The molecule has 0 N–H and O–H groups in total. The summed E-state index contributed by atoms with van der Waals surface area (Å²) in [5, 5.41) is 0. The highest BCUT2D eigenvalue weighted by Crippen LogP contribution is 2.31. The summed E-state index contributed by atoms with van der Waals surface area (Å²) in [6, 6.07) is 9.54. The SMILES string of the molecule is CCOc1ccc(C(=O)N(C)Cc2ccc(OC)c(OC(F)F)c2)cc1OC. The molecule has 152 valence electrons. The van der Waals surface area contributed by atoms with E-state index in [1.807, 2.05) is 6.92 Å². The van der Waals surface area contributed by atoms with Gasteiger partial charge < -0.3 is 23.8 Å². The molecule has 0 radical (unpaired) electrons. The van der Waals surface area contributed by atoms with Crippen molar-refractivity contribution < 1.29 is 32.5 Å². The Balaban J connectivity index is 2.18. The lowest BCUT2D eigenvalue weighted by Gasteiger charge is -2.19. The molecular weight excluding hydrogens is 372 g/mol. The van der Waals surface area contributed by atoms with Crippen LogP contribution in [0.4, 0.5) is 8.78 Å². The molecule has 0 aliphatic rings. The number of carbonyl (C=O) groups is 1. The number of carbonyl (C=O) groups excluding carboxylic acids is 1. The van der Waals surface area contributed by atoms with Crippen molar-refractivity contribution in [2.24, 2.45) is 0 Å². The molecule has 1 amide bonds. The summed E-state index contributed by atoms with van der Waals surface area (Å²) in [7, 11) is 4.48. The third-order valence-corrected chi connectivity index (χ3v) is 3.92. The van der Waals surface area contributed by atoms with Gasteiger partial charge in [-0.1, -0.05) is 6.07 Å². The van der Waals surface area contributed by atoms with Gasteiger partial charge in [0.15, 0.2) is 23.0 Å². The normalized spacial score (nSPS) is 10.5. The Hall–Kier alpha value is -3.03. The summed E-state index contributed by atoms with van der Waals surface area (Å²) in [4.78, 5) is 14.2. The first-order chi connectivity index (χ1) is 13.4. The lowest BCUT2D eigenvalue weighted by Crippen LogP contribution is -2.26. The lowest BCUT2D eigenvalue weighted by atomic mass is 10.1. The molecule has 0 saturated carbocycles. The summed E-state index contributed by atoms with van der Waals surface area (Å²) in [6.45, 7) is -0.449. The summed E-state index contributed by atoms with van der Waals surface area (Å²) >= 11 is 0. The van der Waals surface area contributed by atoms with Crippen molar-refractivity contribution >= 4 is 5.91 Å². The van der Waals surface area contributed by atoms with Crippen LogP contribution in [-0.4, -0.2) is 45.3 Å². The Morgan fingerprint density at radius 1 is 1.00 bits per heavy atom. The van der Waals surface area contributed by atoms with Crippen molar-refractivity contribution in [1.29, 1.82) is 0 Å². The maximum atomic E-state index is 12.7. The Morgan fingerprint density at radius 2 is 1.68 bits per heavy atom. The molecular formula is C20H23F2NO5. The number of halogens is 2. The van der Waals surface area contributed by atoms with Crippen molar-refractivity contribution in [2.75, 3.05) is 27.9 Å². The Bertz CT molecular complexity index is 813. The average molecular weight is 395 g/mol. The molecule has 6 nitrogen and oxygen atoms in total. The van der Waals surface area contributed by atoms with Gasteiger partial charge in [-0.05, 0) is 42.8 Å². The summed E-state index contributed by atoms with van der Waals surface area (Å²) in [6.07, 6.45) is 0. The van der Waals surface area contributed by atoms with Crippen LogP contribution in [-0.2, 0) is 6.54 Å². The van der Waals surface area contributed by atoms with E-state index in [2.05, 4.69) is 4.74 Å². The molecule has 0 unspecified atom stereocenters. The smallest absolute Gasteiger partial charge is 0.387 e. The zero-order valence-corrected chi connectivity index (χ0v) is 16.2. The summed E-state index contributed by atoms with van der Waals surface area (Å²) in [5.74, 6) is 0.854. The summed E-state index contributed by atoms with van der Waals surface area (Å²) in [5.41, 5.74) is 1.03. The van der Waals surface area contributed by atoms with Gasteiger partial charge in [-0.25, -0.2) is 0 Å². The number of ether oxygens (including phenoxy) is 4. The summed E-state index contributed by atoms with van der Waals surface area (Å²) < 4.78 is 45.4. The Kier molecular flexibility index (Phi) is 7.43. The van der Waals surface area contributed by atoms with E-state index in [9.17, 15) is 13.6 Å². The molecule has 0 spiro atoms. The fourth-order valence-electron chi connectivity index (χ4n) is 2.65. The van der Waals surface area contributed by atoms with Gasteiger partial charge >= 0.3 is 6.61 Å². The second kappa shape index (κ2) is 9.77. The van der Waals surface area contributed by atoms with E-state index in [0.717, 1.165) is 0 Å². The van der Waals surface area contributed by atoms with Crippen LogP contribution in [0.1, 0.15) is 22.8 Å². The topological polar surface area (TPSA) is 57.2 Å². The Labute approximate surface area is 162 Å². The third kappa shape index (κ3) is 5.25. The standard InChI is InChI=1S/C20H23F2NO5/c1-5-27-16-9-7-14(11-17(16)26-4)19(24)23(2)12-13-6-8-15(25-3)18(10-13)28-20(21)22/h6-11,20H,5,12H2,1-4H3. The molecule has 0 fully saturated rings. The van der Waals surface area contributed by atoms with Crippen molar-refractivity contribution in [3.8, 4) is 23.0 Å². The van der Waals surface area contributed by atoms with Crippen LogP contribution < -0.4 is 18.9 Å². The number of alkyl halides is 2. The molecule has 2 rings (SSSR count). The van der Waals surface area contributed by atoms with Crippen molar-refractivity contribution in [1.82, 2.24) is 4.90 Å². The van der Waals surface area contributed by atoms with E-state index in [0.29, 0.717) is 29.2 Å². The monoisotopic (exact) mass is 395 g/mol. The molecule has 0 saturated heterocycles. The number of hydrogen-bond acceptors (Lipinski definition) is 5. The van der Waals surface area contributed by atoms with Crippen LogP contribution >= 0.6 is 0 Å². The van der Waals surface area contributed by atoms with Crippen molar-refractivity contribution in [3.05, 3.63) is 47.5 Å². The van der Waals surface area contributed by atoms with E-state index in [1.165, 1.54) is 31.3 Å². The first-order valence-electron chi connectivity index (χ1n) is 8.57. The lowest BCUT2D eigenvalue weighted by molar-refractivity contribution is -0.0512. The minimum Gasteiger partial charge on any atom is -0.493 e. The van der Waals surface area contributed by atoms with Crippen LogP contribution in [0.2, 0.25) is 0 Å². The second-order valence-corrected chi connectivity index (χ2v) is 5.82. The number of amides is 1. The molecule has 0 heterocycles. The van der Waals surface area contributed by atoms with Gasteiger partial charge in [0.1, 0.15) is 0 Å². The molecule has 2 aromatic rings. The predicted octanol–water partition coefficient (Wildman–Crippen LogP) is 3.98. The number of methoxy groups -OCH3 is 2. The highest BCUT2D eigenvalue weighted by atomic mass is 19.3. The van der Waals surface area contributed by atoms with E-state index in [4.69, 9.17) is 14.2 Å². The quantitative estimate of drug-likeness (QED) is 0.643. The fourth-order valence-corrected chi connectivity index (χ4v) is 2.65. The van der Waals surface area contributed by atoms with Gasteiger partial charge in [-0.2, -0.15) is 8.78 Å². The van der Waals surface area contributed by atoms with Gasteiger partial charge in [-0.3, -0.25) is 4.79 Å². The minimum absolute atomic E-state index is 0.0846. The van der Waals surface area contributed by atoms with Gasteiger partial charge in [0.25, 0.3) is 5.91 Å². The fraction of sp³-hybridized carbons (Fsp3) is 0.350. The number of hydrogen-bond donors (Lipinski definition) is 0. The average Bonchev–Trinajstić information content (AvgIpc) is 2.67. The zero-order chi connectivity index (χ0) is 20.7. The number of benzene rings is 2. The van der Waals surface area contributed by atoms with E-state index < -0.39 is 6.61 Å². The molecule has 0 aliphatic heterocycles. The maximum Gasteiger partial charge on any atom is 0.387 e. The third-order valence-electron chi connectivity index (χ3n) is 3.92. The van der Waals surface area contributed by atoms with Gasteiger partial charge in [0.05, 0.1) is 20.8 Å². The minimum atomic E-state index is -2.97. The van der Waals surface area contributed by atoms with E-state index in [-0.39, 0.29) is 24.0 Å². The molecule has 0 aromatic heterocycles. The van der Waals surface area contributed by atoms with Crippen LogP contribution in [0, 0.1) is 0 Å². The van der Waals surface area contributed by atoms with Crippen molar-refractivity contribution in [3.63, 3.8) is 0 Å². The molecule has 0 atom stereocenters. The second-order valence-electron chi connectivity index (χ2n) is 5.82. The van der Waals surface area contributed by atoms with Crippen LogP contribution in [0.25, 0.3) is 0 Å². The van der Waals surface area contributed by atoms with Crippen molar-refractivity contribution in [2.45, 2.75) is 20.1 Å². The van der Waals surface area contributed by atoms with E-state index in [1.54, 1.807) is 31.3 Å². The Morgan fingerprint density at radius 3 is 2.29 bits per heavy atom. The first kappa shape index (κ1) is 21.3. The first-order valence-corrected chi connectivity index (χ1v) is 8.57.